The van der Waals surface area contributed by atoms with E-state index >= 15 is 0 Å². The lowest BCUT2D eigenvalue weighted by Gasteiger charge is -2.01. The van der Waals surface area contributed by atoms with Crippen LogP contribution in [0.4, 0.5) is 5.13 Å². The highest BCUT2D eigenvalue weighted by molar-refractivity contribution is 9.10. The van der Waals surface area contributed by atoms with Gasteiger partial charge >= 0.3 is 5.97 Å². The molecule has 0 radical (unpaired) electrons. The van der Waals surface area contributed by atoms with Gasteiger partial charge in [-0.2, -0.15) is 0 Å². The second-order valence-corrected chi connectivity index (χ2v) is 5.48. The molecular formula is C9H11BrN2O3S. The Morgan fingerprint density at radius 3 is 2.94 bits per heavy atom. The van der Waals surface area contributed by atoms with Gasteiger partial charge in [0, 0.05) is 11.1 Å². The number of alkyl halides is 1. The summed E-state index contributed by atoms with van der Waals surface area (Å²) in [5.74, 6) is -0.491. The van der Waals surface area contributed by atoms with E-state index in [1.165, 1.54) is 18.4 Å². The lowest BCUT2D eigenvalue weighted by atomic mass is 10.4. The van der Waals surface area contributed by atoms with E-state index in [-0.39, 0.29) is 23.1 Å². The van der Waals surface area contributed by atoms with Crippen LogP contribution in [0.15, 0.2) is 6.20 Å². The van der Waals surface area contributed by atoms with Crippen LogP contribution in [-0.2, 0) is 20.7 Å². The van der Waals surface area contributed by atoms with Crippen molar-refractivity contribution in [3.8, 4) is 0 Å². The summed E-state index contributed by atoms with van der Waals surface area (Å²) in [6.07, 6.45) is 1.73. The second kappa shape index (κ2) is 5.95. The number of hydrogen-bond acceptors (Lipinski definition) is 5. The van der Waals surface area contributed by atoms with Crippen molar-refractivity contribution < 1.29 is 14.3 Å². The first-order chi connectivity index (χ1) is 7.52. The number of ether oxygens (including phenoxy) is 1. The SMILES string of the molecule is COC(=O)Cc1cnc(NC(=O)C(C)Br)s1. The predicted octanol–water partition coefficient (Wildman–Crippen LogP) is 1.58. The quantitative estimate of drug-likeness (QED) is 0.677. The lowest BCUT2D eigenvalue weighted by Crippen LogP contribution is -2.19. The van der Waals surface area contributed by atoms with Crippen molar-refractivity contribution >= 4 is 44.3 Å². The molecule has 16 heavy (non-hydrogen) atoms. The molecule has 0 aliphatic heterocycles. The van der Waals surface area contributed by atoms with Gasteiger partial charge in [-0.1, -0.05) is 15.9 Å². The van der Waals surface area contributed by atoms with Crippen LogP contribution in [0.25, 0.3) is 0 Å². The van der Waals surface area contributed by atoms with Gasteiger partial charge in [-0.05, 0) is 6.92 Å². The van der Waals surface area contributed by atoms with Crippen LogP contribution in [0, 0.1) is 0 Å². The Labute approximate surface area is 105 Å². The number of methoxy groups -OCH3 is 1. The Kier molecular flexibility index (Phi) is 4.88. The Bertz CT molecular complexity index is 392. The molecule has 1 rings (SSSR count). The van der Waals surface area contributed by atoms with Crippen molar-refractivity contribution in [2.75, 3.05) is 12.4 Å². The van der Waals surface area contributed by atoms with E-state index in [0.29, 0.717) is 5.13 Å². The van der Waals surface area contributed by atoms with Gasteiger partial charge in [-0.25, -0.2) is 4.98 Å². The minimum Gasteiger partial charge on any atom is -0.469 e. The van der Waals surface area contributed by atoms with Gasteiger partial charge in [-0.15, -0.1) is 11.3 Å². The molecule has 5 nitrogen and oxygen atoms in total. The highest BCUT2D eigenvalue weighted by Gasteiger charge is 2.12. The molecule has 1 aromatic heterocycles. The van der Waals surface area contributed by atoms with Crippen LogP contribution in [0.2, 0.25) is 0 Å². The molecule has 0 aromatic carbocycles. The minimum absolute atomic E-state index is 0.168. The number of aromatic nitrogens is 1. The molecule has 0 aliphatic carbocycles. The van der Waals surface area contributed by atoms with Gasteiger partial charge in [0.05, 0.1) is 18.4 Å². The van der Waals surface area contributed by atoms with Gasteiger partial charge in [0.25, 0.3) is 0 Å². The minimum atomic E-state index is -0.324. The number of carbonyl (C=O) groups is 2. The van der Waals surface area contributed by atoms with Crippen molar-refractivity contribution in [2.24, 2.45) is 0 Å². The maximum Gasteiger partial charge on any atom is 0.310 e. The number of halogens is 1. The number of hydrogen-bond donors (Lipinski definition) is 1. The molecule has 0 bridgehead atoms. The van der Waals surface area contributed by atoms with Crippen molar-refractivity contribution in [3.63, 3.8) is 0 Å². The Hall–Kier alpha value is -0.950. The summed E-state index contributed by atoms with van der Waals surface area (Å²) < 4.78 is 4.53. The third kappa shape index (κ3) is 3.90. The molecule has 1 aromatic rings. The average molecular weight is 307 g/mol. The maximum absolute atomic E-state index is 11.3. The summed E-state index contributed by atoms with van der Waals surface area (Å²) in [5, 5.41) is 3.10. The van der Waals surface area contributed by atoms with Crippen LogP contribution in [0.3, 0.4) is 0 Å². The number of nitrogens with zero attached hydrogens (tertiary/aromatic N) is 1. The standard InChI is InChI=1S/C9H11BrN2O3S/c1-5(10)8(14)12-9-11-4-6(16-9)3-7(13)15-2/h4-5H,3H2,1-2H3,(H,11,12,14). The third-order valence-corrected chi connectivity index (χ3v) is 3.02. The molecule has 88 valence electrons. The summed E-state index contributed by atoms with van der Waals surface area (Å²) >= 11 is 4.40. The highest BCUT2D eigenvalue weighted by atomic mass is 79.9. The molecule has 0 fully saturated rings. The molecule has 0 aliphatic rings. The monoisotopic (exact) mass is 306 g/mol. The van der Waals surface area contributed by atoms with E-state index in [0.717, 1.165) is 4.88 Å². The van der Waals surface area contributed by atoms with Crippen LogP contribution in [0.5, 0.6) is 0 Å². The zero-order valence-electron chi connectivity index (χ0n) is 8.82. The zero-order valence-corrected chi connectivity index (χ0v) is 11.2. The van der Waals surface area contributed by atoms with Gasteiger partial charge < -0.3 is 10.1 Å². The van der Waals surface area contributed by atoms with E-state index < -0.39 is 0 Å². The molecular weight excluding hydrogens is 296 g/mol. The normalized spacial score (nSPS) is 11.9. The summed E-state index contributed by atoms with van der Waals surface area (Å²) in [7, 11) is 1.33. The van der Waals surface area contributed by atoms with E-state index in [2.05, 4.69) is 31.0 Å². The van der Waals surface area contributed by atoms with Crippen LogP contribution < -0.4 is 5.32 Å². The Morgan fingerprint density at radius 1 is 1.69 bits per heavy atom. The molecule has 1 heterocycles. The number of nitrogens with one attached hydrogen (secondary N) is 1. The first-order valence-electron chi connectivity index (χ1n) is 4.49. The smallest absolute Gasteiger partial charge is 0.310 e. The van der Waals surface area contributed by atoms with Crippen molar-refractivity contribution in [1.29, 1.82) is 0 Å². The van der Waals surface area contributed by atoms with Gasteiger partial charge in [-0.3, -0.25) is 9.59 Å². The largest absolute Gasteiger partial charge is 0.469 e. The van der Waals surface area contributed by atoms with Crippen molar-refractivity contribution in [2.45, 2.75) is 18.2 Å². The number of esters is 1. The van der Waals surface area contributed by atoms with Crippen LogP contribution in [-0.4, -0.2) is 28.8 Å². The van der Waals surface area contributed by atoms with E-state index in [4.69, 9.17) is 0 Å². The van der Waals surface area contributed by atoms with Crippen molar-refractivity contribution in [1.82, 2.24) is 4.98 Å². The number of carbonyl (C=O) groups excluding carboxylic acids is 2. The molecule has 1 amide bonds. The fourth-order valence-corrected chi connectivity index (χ4v) is 1.78. The van der Waals surface area contributed by atoms with E-state index in [9.17, 15) is 9.59 Å². The second-order valence-electron chi connectivity index (χ2n) is 2.99. The maximum atomic E-state index is 11.3. The summed E-state index contributed by atoms with van der Waals surface area (Å²) in [6.45, 7) is 1.72. The van der Waals surface area contributed by atoms with Crippen molar-refractivity contribution in [3.05, 3.63) is 11.1 Å². The predicted molar refractivity (Wildman–Crippen MR) is 64.9 cm³/mol. The molecule has 0 saturated carbocycles. The summed E-state index contributed by atoms with van der Waals surface area (Å²) in [5.41, 5.74) is 0. The molecule has 0 spiro atoms. The zero-order chi connectivity index (χ0) is 12.1. The number of thiazole rings is 1. The van der Waals surface area contributed by atoms with E-state index in [1.54, 1.807) is 13.1 Å². The van der Waals surface area contributed by atoms with Crippen LogP contribution in [0.1, 0.15) is 11.8 Å². The van der Waals surface area contributed by atoms with Gasteiger partial charge in [0.2, 0.25) is 5.91 Å². The molecule has 1 unspecified atom stereocenters. The van der Waals surface area contributed by atoms with Crippen LogP contribution >= 0.6 is 27.3 Å². The fourth-order valence-electron chi connectivity index (χ4n) is 0.866. The van der Waals surface area contributed by atoms with Gasteiger partial charge in [0.15, 0.2) is 5.13 Å². The first kappa shape index (κ1) is 13.1. The topological polar surface area (TPSA) is 68.3 Å². The Morgan fingerprint density at radius 2 is 2.38 bits per heavy atom. The third-order valence-electron chi connectivity index (χ3n) is 1.69. The highest BCUT2D eigenvalue weighted by Crippen LogP contribution is 2.19. The summed E-state index contributed by atoms with van der Waals surface area (Å²) in [6, 6.07) is 0. The molecule has 7 heteroatoms. The summed E-state index contributed by atoms with van der Waals surface area (Å²) in [4.78, 5) is 26.8. The molecule has 0 saturated heterocycles. The fraction of sp³-hybridized carbons (Fsp3) is 0.444. The van der Waals surface area contributed by atoms with Gasteiger partial charge in [0.1, 0.15) is 0 Å². The average Bonchev–Trinajstić information content (AvgIpc) is 2.65. The van der Waals surface area contributed by atoms with E-state index in [1.807, 2.05) is 0 Å². The Balaban J connectivity index is 2.58. The lowest BCUT2D eigenvalue weighted by molar-refractivity contribution is -0.139. The number of anilines is 1. The number of amides is 1. The first-order valence-corrected chi connectivity index (χ1v) is 6.22. The molecule has 1 N–H and O–H groups in total. The molecule has 1 atom stereocenters. The number of rotatable bonds is 4.